The number of nitrogens with one attached hydrogen (secondary N) is 2. The van der Waals surface area contributed by atoms with Crippen LogP contribution in [0.5, 0.6) is 0 Å². The van der Waals surface area contributed by atoms with E-state index in [1.165, 1.54) is 0 Å². The third kappa shape index (κ3) is 3.27. The second-order valence-corrected chi connectivity index (χ2v) is 7.24. The summed E-state index contributed by atoms with van der Waals surface area (Å²) in [6, 6.07) is 7.09. The normalized spacial score (nSPS) is 23.8. The highest BCUT2D eigenvalue weighted by molar-refractivity contribution is 6.09. The molecule has 142 valence electrons. The number of esters is 1. The summed E-state index contributed by atoms with van der Waals surface area (Å²) in [6.07, 6.45) is 3.98. The van der Waals surface area contributed by atoms with Gasteiger partial charge in [0, 0.05) is 6.04 Å². The molecule has 1 spiro atoms. The molecule has 0 aromatic heterocycles. The zero-order chi connectivity index (χ0) is 19.0. The summed E-state index contributed by atoms with van der Waals surface area (Å²) in [6.45, 7) is -0.918. The quantitative estimate of drug-likeness (QED) is 0.582. The first-order valence-corrected chi connectivity index (χ1v) is 9.17. The van der Waals surface area contributed by atoms with Crippen LogP contribution in [-0.4, -0.2) is 47.9 Å². The van der Waals surface area contributed by atoms with E-state index in [0.29, 0.717) is 6.42 Å². The molecular weight excluding hydrogens is 350 g/mol. The maximum absolute atomic E-state index is 13.0. The fourth-order valence-corrected chi connectivity index (χ4v) is 3.77. The lowest BCUT2D eigenvalue weighted by molar-refractivity contribution is -0.151. The number of nitrogens with zero attached hydrogens (tertiary/aromatic N) is 1. The van der Waals surface area contributed by atoms with Gasteiger partial charge in [0.15, 0.2) is 6.61 Å². The zero-order valence-corrected chi connectivity index (χ0v) is 14.8. The number of benzene rings is 1. The molecule has 2 fully saturated rings. The second kappa shape index (κ2) is 6.68. The number of aryl methyl sites for hydroxylation is 1. The van der Waals surface area contributed by atoms with Crippen LogP contribution in [0.25, 0.3) is 0 Å². The van der Waals surface area contributed by atoms with E-state index in [4.69, 9.17) is 4.74 Å². The molecule has 2 aliphatic carbocycles. The highest BCUT2D eigenvalue weighted by atomic mass is 16.5. The minimum Gasteiger partial charge on any atom is -0.454 e. The molecule has 0 radical (unpaired) electrons. The molecule has 8 heteroatoms. The van der Waals surface area contributed by atoms with Gasteiger partial charge in [-0.05, 0) is 43.2 Å². The van der Waals surface area contributed by atoms with Crippen LogP contribution in [0.2, 0.25) is 0 Å². The van der Waals surface area contributed by atoms with E-state index in [-0.39, 0.29) is 11.9 Å². The summed E-state index contributed by atoms with van der Waals surface area (Å²) in [5.74, 6) is -1.61. The molecule has 8 nitrogen and oxygen atoms in total. The van der Waals surface area contributed by atoms with E-state index in [0.717, 1.165) is 41.7 Å². The number of carbonyl (C=O) groups excluding carboxylic acids is 4. The number of amides is 4. The topological polar surface area (TPSA) is 105 Å². The Morgan fingerprint density at radius 3 is 2.81 bits per heavy atom. The van der Waals surface area contributed by atoms with E-state index in [1.807, 2.05) is 24.3 Å². The van der Waals surface area contributed by atoms with Crippen LogP contribution in [0, 0.1) is 0 Å². The minimum absolute atomic E-state index is 0.174. The van der Waals surface area contributed by atoms with Gasteiger partial charge in [0.1, 0.15) is 12.1 Å². The number of rotatable bonds is 5. The molecule has 1 heterocycles. The summed E-state index contributed by atoms with van der Waals surface area (Å²) in [5.41, 5.74) is 0.697. The van der Waals surface area contributed by atoms with Gasteiger partial charge in [0.25, 0.3) is 11.8 Å². The van der Waals surface area contributed by atoms with Gasteiger partial charge < -0.3 is 15.4 Å². The predicted octanol–water partition coefficient (Wildman–Crippen LogP) is 0.592. The maximum atomic E-state index is 13.0. The van der Waals surface area contributed by atoms with Crippen LogP contribution in [-0.2, 0) is 31.1 Å². The number of imide groups is 1. The number of urea groups is 1. The number of fused-ring (bicyclic) bond motifs is 2. The van der Waals surface area contributed by atoms with Crippen molar-refractivity contribution in [3.05, 3.63) is 35.4 Å². The Kier molecular flexibility index (Phi) is 4.33. The number of hydrogen-bond donors (Lipinski definition) is 2. The van der Waals surface area contributed by atoms with Crippen molar-refractivity contribution < 1.29 is 23.9 Å². The lowest BCUT2D eigenvalue weighted by atomic mass is 9.76. The molecule has 3 aliphatic rings. The Morgan fingerprint density at radius 1 is 1.26 bits per heavy atom. The maximum Gasteiger partial charge on any atom is 0.326 e. The van der Waals surface area contributed by atoms with Crippen LogP contribution in [0.4, 0.5) is 4.79 Å². The van der Waals surface area contributed by atoms with E-state index < -0.39 is 36.6 Å². The highest BCUT2D eigenvalue weighted by Gasteiger charge is 2.54. The van der Waals surface area contributed by atoms with Crippen molar-refractivity contribution in [3.8, 4) is 0 Å². The molecule has 1 saturated heterocycles. The molecule has 1 saturated carbocycles. The molecule has 2 N–H and O–H groups in total. The first-order valence-electron chi connectivity index (χ1n) is 9.17. The summed E-state index contributed by atoms with van der Waals surface area (Å²) < 4.78 is 4.91. The minimum atomic E-state index is -1.12. The molecule has 0 unspecified atom stereocenters. The van der Waals surface area contributed by atoms with Crippen LogP contribution >= 0.6 is 0 Å². The third-order valence-corrected chi connectivity index (χ3v) is 5.24. The molecule has 1 aromatic carbocycles. The second-order valence-electron chi connectivity index (χ2n) is 7.24. The van der Waals surface area contributed by atoms with Gasteiger partial charge in [-0.2, -0.15) is 0 Å². The molecule has 27 heavy (non-hydrogen) atoms. The van der Waals surface area contributed by atoms with Gasteiger partial charge in [-0.15, -0.1) is 0 Å². The largest absolute Gasteiger partial charge is 0.454 e. The average Bonchev–Trinajstić information content (AvgIpc) is 3.44. The van der Waals surface area contributed by atoms with Gasteiger partial charge in [0.2, 0.25) is 0 Å². The molecule has 1 atom stereocenters. The first-order chi connectivity index (χ1) is 13.0. The number of carbonyl (C=O) groups is 4. The van der Waals surface area contributed by atoms with E-state index in [1.54, 1.807) is 0 Å². The summed E-state index contributed by atoms with van der Waals surface area (Å²) >= 11 is 0. The Morgan fingerprint density at radius 2 is 2.04 bits per heavy atom. The standard InChI is InChI=1S/C19H21N3O5/c23-15(20-13-7-8-13)11-27-16(24)10-22-17(25)19(21-18(22)26)9-3-5-12-4-1-2-6-14(12)19/h1-2,4,6,13H,3,5,7-11H2,(H,20,23)(H,21,26)/t19-/m0/s1. The molecule has 4 amide bonds. The summed E-state index contributed by atoms with van der Waals surface area (Å²) in [7, 11) is 0. The van der Waals surface area contributed by atoms with Crippen molar-refractivity contribution >= 4 is 23.8 Å². The van der Waals surface area contributed by atoms with Gasteiger partial charge >= 0.3 is 12.0 Å². The lowest BCUT2D eigenvalue weighted by Crippen LogP contribution is -2.46. The lowest BCUT2D eigenvalue weighted by Gasteiger charge is -2.33. The number of ether oxygens (including phenoxy) is 1. The monoisotopic (exact) mass is 371 g/mol. The van der Waals surface area contributed by atoms with Crippen LogP contribution in [0.3, 0.4) is 0 Å². The van der Waals surface area contributed by atoms with Gasteiger partial charge in [-0.3, -0.25) is 19.3 Å². The summed E-state index contributed by atoms with van der Waals surface area (Å²) in [5, 5.41) is 5.48. The molecular formula is C19H21N3O5. The van der Waals surface area contributed by atoms with Gasteiger partial charge in [0.05, 0.1) is 0 Å². The summed E-state index contributed by atoms with van der Waals surface area (Å²) in [4.78, 5) is 50.0. The van der Waals surface area contributed by atoms with Crippen molar-refractivity contribution in [2.24, 2.45) is 0 Å². The molecule has 1 aromatic rings. The van der Waals surface area contributed by atoms with Crippen LogP contribution in [0.1, 0.15) is 36.8 Å². The highest BCUT2D eigenvalue weighted by Crippen LogP contribution is 2.39. The van der Waals surface area contributed by atoms with Crippen LogP contribution in [0.15, 0.2) is 24.3 Å². The molecule has 4 rings (SSSR count). The van der Waals surface area contributed by atoms with Crippen molar-refractivity contribution in [1.82, 2.24) is 15.5 Å². The Hall–Kier alpha value is -2.90. The predicted molar refractivity (Wildman–Crippen MR) is 93.4 cm³/mol. The van der Waals surface area contributed by atoms with Crippen molar-refractivity contribution in [1.29, 1.82) is 0 Å². The van der Waals surface area contributed by atoms with E-state index >= 15 is 0 Å². The Labute approximate surface area is 156 Å². The van der Waals surface area contributed by atoms with Crippen molar-refractivity contribution in [2.45, 2.75) is 43.7 Å². The fourth-order valence-electron chi connectivity index (χ4n) is 3.77. The Balaban J connectivity index is 1.43. The zero-order valence-electron chi connectivity index (χ0n) is 14.8. The van der Waals surface area contributed by atoms with Gasteiger partial charge in [-0.1, -0.05) is 24.3 Å². The van der Waals surface area contributed by atoms with Crippen molar-refractivity contribution in [2.75, 3.05) is 13.2 Å². The Bertz CT molecular complexity index is 819. The van der Waals surface area contributed by atoms with E-state index in [9.17, 15) is 19.2 Å². The first kappa shape index (κ1) is 17.5. The average molecular weight is 371 g/mol. The van der Waals surface area contributed by atoms with E-state index in [2.05, 4.69) is 10.6 Å². The van der Waals surface area contributed by atoms with Crippen molar-refractivity contribution in [3.63, 3.8) is 0 Å². The third-order valence-electron chi connectivity index (χ3n) is 5.24. The number of hydrogen-bond acceptors (Lipinski definition) is 5. The SMILES string of the molecule is O=C(COC(=O)CN1C(=O)N[C@]2(CCCc3ccccc32)C1=O)NC1CC1. The molecule has 1 aliphatic heterocycles. The fraction of sp³-hybridized carbons (Fsp3) is 0.474. The van der Waals surface area contributed by atoms with Gasteiger partial charge in [-0.25, -0.2) is 4.79 Å². The smallest absolute Gasteiger partial charge is 0.326 e. The molecule has 0 bridgehead atoms. The van der Waals surface area contributed by atoms with Crippen LogP contribution < -0.4 is 10.6 Å².